The number of hydrogen-bond acceptors (Lipinski definition) is 1. The van der Waals surface area contributed by atoms with E-state index in [2.05, 4.69) is 21.2 Å². The van der Waals surface area contributed by atoms with E-state index in [0.29, 0.717) is 6.04 Å². The topological polar surface area (TPSA) is 29.1 Å². The molecule has 2 aliphatic carbocycles. The van der Waals surface area contributed by atoms with E-state index in [1.165, 1.54) is 25.7 Å². The van der Waals surface area contributed by atoms with E-state index in [-0.39, 0.29) is 5.91 Å². The summed E-state index contributed by atoms with van der Waals surface area (Å²) in [6.45, 7) is 0. The Morgan fingerprint density at radius 3 is 2.53 bits per heavy atom. The van der Waals surface area contributed by atoms with Crippen LogP contribution in [0.5, 0.6) is 0 Å². The van der Waals surface area contributed by atoms with Crippen LogP contribution < -0.4 is 5.32 Å². The molecular formula is C14H16BrNO. The van der Waals surface area contributed by atoms with Crippen LogP contribution in [-0.2, 0) is 0 Å². The van der Waals surface area contributed by atoms with Crippen LogP contribution in [0.4, 0.5) is 0 Å². The molecular weight excluding hydrogens is 278 g/mol. The lowest BCUT2D eigenvalue weighted by molar-refractivity contribution is 0.0923. The Morgan fingerprint density at radius 1 is 1.18 bits per heavy atom. The molecule has 0 saturated heterocycles. The maximum atomic E-state index is 12.1. The number of amides is 1. The van der Waals surface area contributed by atoms with Crippen LogP contribution in [0.3, 0.4) is 0 Å². The molecule has 0 radical (unpaired) electrons. The zero-order chi connectivity index (χ0) is 11.8. The van der Waals surface area contributed by atoms with Gasteiger partial charge in [0.05, 0.1) is 0 Å². The average molecular weight is 294 g/mol. The minimum Gasteiger partial charge on any atom is -0.349 e. The Morgan fingerprint density at radius 2 is 1.94 bits per heavy atom. The molecule has 0 heterocycles. The predicted octanol–water partition coefficient (Wildman–Crippen LogP) is 3.37. The van der Waals surface area contributed by atoms with Crippen LogP contribution >= 0.6 is 15.9 Å². The summed E-state index contributed by atoms with van der Waals surface area (Å²) in [4.78, 5) is 12.1. The quantitative estimate of drug-likeness (QED) is 0.890. The largest absolute Gasteiger partial charge is 0.349 e. The van der Waals surface area contributed by atoms with Gasteiger partial charge in [-0.15, -0.1) is 0 Å². The van der Waals surface area contributed by atoms with E-state index >= 15 is 0 Å². The minimum atomic E-state index is 0.0788. The van der Waals surface area contributed by atoms with Gasteiger partial charge in [-0.2, -0.15) is 0 Å². The predicted molar refractivity (Wildman–Crippen MR) is 70.8 cm³/mol. The summed E-state index contributed by atoms with van der Waals surface area (Å²) in [5, 5.41) is 3.19. The van der Waals surface area contributed by atoms with Crippen molar-refractivity contribution in [1.29, 1.82) is 0 Å². The molecule has 2 fully saturated rings. The van der Waals surface area contributed by atoms with Crippen LogP contribution in [0.2, 0.25) is 0 Å². The first-order valence-electron chi connectivity index (χ1n) is 6.29. The minimum absolute atomic E-state index is 0.0788. The van der Waals surface area contributed by atoms with E-state index in [0.717, 1.165) is 21.9 Å². The zero-order valence-electron chi connectivity index (χ0n) is 9.66. The third kappa shape index (κ3) is 2.25. The molecule has 3 rings (SSSR count). The molecule has 17 heavy (non-hydrogen) atoms. The summed E-state index contributed by atoms with van der Waals surface area (Å²) in [7, 11) is 0. The number of nitrogens with one attached hydrogen (secondary N) is 1. The average Bonchev–Trinajstić information content (AvgIpc) is 2.91. The standard InChI is InChI=1S/C14H16BrNO/c15-12-5-3-10(4-6-12)14(17)16-13-8-9-1-2-11(13)7-9/h3-6,9,11,13H,1-2,7-8H2,(H,16,17). The van der Waals surface area contributed by atoms with Gasteiger partial charge in [-0.1, -0.05) is 22.4 Å². The third-order valence-electron chi connectivity index (χ3n) is 4.16. The third-order valence-corrected chi connectivity index (χ3v) is 4.69. The fourth-order valence-corrected chi connectivity index (χ4v) is 3.54. The normalized spacial score (nSPS) is 30.5. The Bertz CT molecular complexity index is 428. The molecule has 90 valence electrons. The van der Waals surface area contributed by atoms with Crippen molar-refractivity contribution in [1.82, 2.24) is 5.32 Å². The smallest absolute Gasteiger partial charge is 0.251 e. The van der Waals surface area contributed by atoms with Gasteiger partial charge < -0.3 is 5.32 Å². The van der Waals surface area contributed by atoms with Gasteiger partial charge in [-0.3, -0.25) is 4.79 Å². The van der Waals surface area contributed by atoms with Crippen molar-refractivity contribution in [2.24, 2.45) is 11.8 Å². The molecule has 1 N–H and O–H groups in total. The Balaban J connectivity index is 1.65. The van der Waals surface area contributed by atoms with Gasteiger partial charge in [0.15, 0.2) is 0 Å². The first-order valence-corrected chi connectivity index (χ1v) is 7.08. The molecule has 1 amide bonds. The summed E-state index contributed by atoms with van der Waals surface area (Å²) in [6.07, 6.45) is 5.18. The fraction of sp³-hybridized carbons (Fsp3) is 0.500. The summed E-state index contributed by atoms with van der Waals surface area (Å²) < 4.78 is 1.01. The van der Waals surface area contributed by atoms with Gasteiger partial charge in [0.1, 0.15) is 0 Å². The molecule has 3 atom stereocenters. The number of fused-ring (bicyclic) bond motifs is 2. The first-order chi connectivity index (χ1) is 8.22. The van der Waals surface area contributed by atoms with Gasteiger partial charge in [0, 0.05) is 16.1 Å². The maximum absolute atomic E-state index is 12.1. The zero-order valence-corrected chi connectivity index (χ0v) is 11.2. The Kier molecular flexibility index (Phi) is 2.95. The second-order valence-corrected chi connectivity index (χ2v) is 6.18. The van der Waals surface area contributed by atoms with Crippen molar-refractivity contribution in [2.45, 2.75) is 31.7 Å². The lowest BCUT2D eigenvalue weighted by Gasteiger charge is -2.22. The highest BCUT2D eigenvalue weighted by atomic mass is 79.9. The number of carbonyl (C=O) groups is 1. The molecule has 3 heteroatoms. The van der Waals surface area contributed by atoms with E-state index in [4.69, 9.17) is 0 Å². The molecule has 0 spiro atoms. The van der Waals surface area contributed by atoms with Crippen molar-refractivity contribution < 1.29 is 4.79 Å². The van der Waals surface area contributed by atoms with Crippen molar-refractivity contribution in [3.8, 4) is 0 Å². The lowest BCUT2D eigenvalue weighted by atomic mass is 9.95. The Labute approximate surface area is 110 Å². The number of hydrogen-bond donors (Lipinski definition) is 1. The van der Waals surface area contributed by atoms with Crippen molar-refractivity contribution >= 4 is 21.8 Å². The van der Waals surface area contributed by atoms with Crippen LogP contribution in [0, 0.1) is 11.8 Å². The molecule has 0 aliphatic heterocycles. The van der Waals surface area contributed by atoms with Gasteiger partial charge >= 0.3 is 0 Å². The monoisotopic (exact) mass is 293 g/mol. The second-order valence-electron chi connectivity index (χ2n) is 5.26. The van der Waals surface area contributed by atoms with Gasteiger partial charge in [0.25, 0.3) is 5.91 Å². The first kappa shape index (κ1) is 11.3. The number of benzene rings is 1. The molecule has 0 aromatic heterocycles. The lowest BCUT2D eigenvalue weighted by Crippen LogP contribution is -2.38. The summed E-state index contributed by atoms with van der Waals surface area (Å²) in [5.41, 5.74) is 0.760. The van der Waals surface area contributed by atoms with E-state index < -0.39 is 0 Å². The molecule has 2 bridgehead atoms. The van der Waals surface area contributed by atoms with Crippen LogP contribution in [0.15, 0.2) is 28.7 Å². The van der Waals surface area contributed by atoms with Crippen LogP contribution in [-0.4, -0.2) is 11.9 Å². The molecule has 2 saturated carbocycles. The molecule has 1 aromatic carbocycles. The molecule has 3 unspecified atom stereocenters. The van der Waals surface area contributed by atoms with Crippen molar-refractivity contribution in [3.05, 3.63) is 34.3 Å². The van der Waals surface area contributed by atoms with Gasteiger partial charge in [0.2, 0.25) is 0 Å². The molecule has 1 aromatic rings. The summed E-state index contributed by atoms with van der Waals surface area (Å²) >= 11 is 3.38. The Hall–Kier alpha value is -0.830. The highest BCUT2D eigenvalue weighted by Crippen LogP contribution is 2.44. The van der Waals surface area contributed by atoms with Crippen molar-refractivity contribution in [3.63, 3.8) is 0 Å². The van der Waals surface area contributed by atoms with Crippen LogP contribution in [0.25, 0.3) is 0 Å². The molecule has 2 nitrogen and oxygen atoms in total. The van der Waals surface area contributed by atoms with Gasteiger partial charge in [-0.05, 0) is 55.4 Å². The number of rotatable bonds is 2. The van der Waals surface area contributed by atoms with Crippen molar-refractivity contribution in [2.75, 3.05) is 0 Å². The fourth-order valence-electron chi connectivity index (χ4n) is 3.27. The van der Waals surface area contributed by atoms with E-state index in [9.17, 15) is 4.79 Å². The van der Waals surface area contributed by atoms with Crippen LogP contribution in [0.1, 0.15) is 36.0 Å². The number of carbonyl (C=O) groups excluding carboxylic acids is 1. The maximum Gasteiger partial charge on any atom is 0.251 e. The number of halogens is 1. The van der Waals surface area contributed by atoms with Gasteiger partial charge in [-0.25, -0.2) is 0 Å². The highest BCUT2D eigenvalue weighted by Gasteiger charge is 2.40. The van der Waals surface area contributed by atoms with E-state index in [1.807, 2.05) is 24.3 Å². The summed E-state index contributed by atoms with van der Waals surface area (Å²) in [5.74, 6) is 1.68. The highest BCUT2D eigenvalue weighted by molar-refractivity contribution is 9.10. The SMILES string of the molecule is O=C(NC1CC2CCC1C2)c1ccc(Br)cc1. The second kappa shape index (κ2) is 4.45. The van der Waals surface area contributed by atoms with E-state index in [1.54, 1.807) is 0 Å². The molecule has 2 aliphatic rings. The summed E-state index contributed by atoms with van der Waals surface area (Å²) in [6, 6.07) is 7.98.